The van der Waals surface area contributed by atoms with Crippen molar-refractivity contribution >= 4 is 28.6 Å². The van der Waals surface area contributed by atoms with E-state index in [2.05, 4.69) is 9.97 Å². The maximum absolute atomic E-state index is 10.4. The Balaban J connectivity index is 1.79. The monoisotopic (exact) mass is 431 g/mol. The van der Waals surface area contributed by atoms with E-state index in [0.717, 1.165) is 22.2 Å². The summed E-state index contributed by atoms with van der Waals surface area (Å²) in [7, 11) is 1.88. The molecule has 0 aliphatic rings. The van der Waals surface area contributed by atoms with Gasteiger partial charge in [-0.1, -0.05) is 30.3 Å². The van der Waals surface area contributed by atoms with Crippen LogP contribution in [0.5, 0.6) is 0 Å². The van der Waals surface area contributed by atoms with Crippen molar-refractivity contribution in [3.8, 4) is 0 Å². The van der Waals surface area contributed by atoms with Crippen LogP contribution in [0.2, 0.25) is 0 Å². The van der Waals surface area contributed by atoms with Gasteiger partial charge in [-0.25, -0.2) is 9.97 Å². The number of hydrogen-bond acceptors (Lipinski definition) is 8. The summed E-state index contributed by atoms with van der Waals surface area (Å²) in [5.41, 5.74) is 9.62. The van der Waals surface area contributed by atoms with E-state index >= 15 is 0 Å². The molecular weight excluding hydrogens is 402 g/mol. The molecule has 0 unspecified atom stereocenters. The van der Waals surface area contributed by atoms with E-state index in [1.807, 2.05) is 59.3 Å². The van der Waals surface area contributed by atoms with E-state index in [-0.39, 0.29) is 12.6 Å². The van der Waals surface area contributed by atoms with Gasteiger partial charge < -0.3 is 25.3 Å². The maximum Gasteiger partial charge on any atom is 0.151 e. The van der Waals surface area contributed by atoms with Gasteiger partial charge in [0.25, 0.3) is 0 Å². The van der Waals surface area contributed by atoms with Crippen molar-refractivity contribution < 1.29 is 14.9 Å². The van der Waals surface area contributed by atoms with Crippen molar-refractivity contribution in [1.29, 1.82) is 0 Å². The molecule has 0 aliphatic carbocycles. The molecular formula is C21H29N5O3S. The Kier molecular flexibility index (Phi) is 8.06. The predicted molar refractivity (Wildman–Crippen MR) is 120 cm³/mol. The standard InChI is InChI=1S/C21H29N5O3S/c1-25(17(10-27)18(28)12-30-2)8-16-9-26(20-19(16)23-13-24-21(20)22)14-29-11-15-6-4-3-5-7-15/h3-7,9,13,17-18,27-28H,8,10-12,14H2,1-2H3,(H2,22,23,24)/t17-,18-/m1/s1. The first-order chi connectivity index (χ1) is 14.5. The lowest BCUT2D eigenvalue weighted by atomic mass is 10.1. The fourth-order valence-electron chi connectivity index (χ4n) is 3.50. The van der Waals surface area contributed by atoms with Crippen LogP contribution in [0, 0.1) is 0 Å². The summed E-state index contributed by atoms with van der Waals surface area (Å²) in [4.78, 5) is 10.5. The molecule has 3 rings (SSSR count). The Morgan fingerprint density at radius 3 is 2.73 bits per heavy atom. The van der Waals surface area contributed by atoms with Gasteiger partial charge in [0.2, 0.25) is 0 Å². The summed E-state index contributed by atoms with van der Waals surface area (Å²) in [6.45, 7) is 1.16. The lowest BCUT2D eigenvalue weighted by Crippen LogP contribution is -2.44. The van der Waals surface area contributed by atoms with Crippen molar-refractivity contribution in [2.75, 3.05) is 31.4 Å². The molecule has 0 amide bonds. The molecule has 0 fully saturated rings. The number of likely N-dealkylation sites (N-methyl/N-ethyl adjacent to an activating group) is 1. The molecule has 2 heterocycles. The molecule has 0 saturated heterocycles. The van der Waals surface area contributed by atoms with E-state index < -0.39 is 6.10 Å². The number of nitrogens with two attached hydrogens (primary N) is 1. The van der Waals surface area contributed by atoms with E-state index in [9.17, 15) is 10.2 Å². The van der Waals surface area contributed by atoms with Crippen molar-refractivity contribution in [3.05, 3.63) is 54.0 Å². The topological polar surface area (TPSA) is 110 Å². The van der Waals surface area contributed by atoms with Crippen LogP contribution in [0.1, 0.15) is 11.1 Å². The average molecular weight is 432 g/mol. The first kappa shape index (κ1) is 22.5. The third-order valence-corrected chi connectivity index (χ3v) is 5.72. The van der Waals surface area contributed by atoms with Crippen LogP contribution in [0.25, 0.3) is 11.0 Å². The molecule has 0 spiro atoms. The fourth-order valence-corrected chi connectivity index (χ4v) is 4.06. The molecule has 0 saturated carbocycles. The van der Waals surface area contributed by atoms with Crippen molar-refractivity contribution in [2.45, 2.75) is 32.0 Å². The number of anilines is 1. The van der Waals surface area contributed by atoms with Gasteiger partial charge in [0.1, 0.15) is 18.6 Å². The quantitative estimate of drug-likeness (QED) is 0.421. The van der Waals surface area contributed by atoms with Crippen molar-refractivity contribution in [3.63, 3.8) is 0 Å². The second-order valence-electron chi connectivity index (χ2n) is 7.23. The Morgan fingerprint density at radius 1 is 1.27 bits per heavy atom. The number of fused-ring (bicyclic) bond motifs is 1. The SMILES string of the molecule is CSC[C@@H](O)[C@@H](CO)N(C)Cc1cn(COCc2ccccc2)c2c(N)ncnc12. The average Bonchev–Trinajstić information content (AvgIpc) is 3.08. The van der Waals surface area contributed by atoms with Gasteiger partial charge in [-0.05, 0) is 18.9 Å². The fraction of sp³-hybridized carbons (Fsp3) is 0.429. The van der Waals surface area contributed by atoms with Gasteiger partial charge in [0.15, 0.2) is 5.82 Å². The normalized spacial score (nSPS) is 13.8. The number of benzene rings is 1. The van der Waals surface area contributed by atoms with Crippen LogP contribution in [0.3, 0.4) is 0 Å². The van der Waals surface area contributed by atoms with Crippen molar-refractivity contribution in [2.24, 2.45) is 0 Å². The van der Waals surface area contributed by atoms with Gasteiger partial charge in [0, 0.05) is 24.1 Å². The number of aliphatic hydroxyl groups is 2. The number of rotatable bonds is 11. The molecule has 0 radical (unpaired) electrons. The number of thioether (sulfide) groups is 1. The Morgan fingerprint density at radius 2 is 2.03 bits per heavy atom. The van der Waals surface area contributed by atoms with Gasteiger partial charge in [-0.3, -0.25) is 4.90 Å². The third-order valence-electron chi connectivity index (χ3n) is 5.05. The molecule has 162 valence electrons. The van der Waals surface area contributed by atoms with Crippen LogP contribution in [0.4, 0.5) is 5.82 Å². The molecule has 0 bridgehead atoms. The maximum atomic E-state index is 10.4. The first-order valence-corrected chi connectivity index (χ1v) is 11.1. The number of aromatic nitrogens is 3. The molecule has 2 atom stereocenters. The number of hydrogen-bond donors (Lipinski definition) is 3. The highest BCUT2D eigenvalue weighted by Gasteiger charge is 2.24. The van der Waals surface area contributed by atoms with Crippen LogP contribution in [-0.4, -0.2) is 67.5 Å². The summed E-state index contributed by atoms with van der Waals surface area (Å²) in [5.74, 6) is 0.943. The highest BCUT2D eigenvalue weighted by molar-refractivity contribution is 7.98. The summed E-state index contributed by atoms with van der Waals surface area (Å²) < 4.78 is 7.79. The molecule has 2 aromatic heterocycles. The largest absolute Gasteiger partial charge is 0.395 e. The number of ether oxygens (including phenoxy) is 1. The van der Waals surface area contributed by atoms with E-state index in [1.54, 1.807) is 11.8 Å². The number of aliphatic hydroxyl groups excluding tert-OH is 2. The van der Waals surface area contributed by atoms with Gasteiger partial charge in [0.05, 0.1) is 30.9 Å². The molecule has 4 N–H and O–H groups in total. The van der Waals surface area contributed by atoms with E-state index in [1.165, 1.54) is 6.33 Å². The minimum absolute atomic E-state index is 0.131. The van der Waals surface area contributed by atoms with Crippen LogP contribution >= 0.6 is 11.8 Å². The summed E-state index contributed by atoms with van der Waals surface area (Å²) in [6, 6.07) is 9.59. The highest BCUT2D eigenvalue weighted by atomic mass is 32.2. The molecule has 9 heteroatoms. The van der Waals surface area contributed by atoms with E-state index in [4.69, 9.17) is 10.5 Å². The Bertz CT molecular complexity index is 937. The van der Waals surface area contributed by atoms with E-state index in [0.29, 0.717) is 31.5 Å². The molecule has 3 aromatic rings. The third kappa shape index (κ3) is 5.30. The molecule has 0 aliphatic heterocycles. The second kappa shape index (κ2) is 10.7. The Labute approximate surface area is 180 Å². The molecule has 30 heavy (non-hydrogen) atoms. The highest BCUT2D eigenvalue weighted by Crippen LogP contribution is 2.25. The number of nitrogen functional groups attached to an aromatic ring is 1. The molecule has 1 aromatic carbocycles. The summed E-state index contributed by atoms with van der Waals surface area (Å²) in [5, 5.41) is 20.1. The summed E-state index contributed by atoms with van der Waals surface area (Å²) in [6.07, 6.45) is 4.70. The van der Waals surface area contributed by atoms with Crippen LogP contribution in [0.15, 0.2) is 42.9 Å². The van der Waals surface area contributed by atoms with Gasteiger partial charge >= 0.3 is 0 Å². The van der Waals surface area contributed by atoms with Gasteiger partial charge in [-0.2, -0.15) is 11.8 Å². The molecule has 8 nitrogen and oxygen atoms in total. The first-order valence-electron chi connectivity index (χ1n) is 9.73. The Hall–Kier alpha value is -2.17. The van der Waals surface area contributed by atoms with Gasteiger partial charge in [-0.15, -0.1) is 0 Å². The van der Waals surface area contributed by atoms with Crippen molar-refractivity contribution in [1.82, 2.24) is 19.4 Å². The zero-order valence-corrected chi connectivity index (χ0v) is 18.1. The zero-order valence-electron chi connectivity index (χ0n) is 17.3. The zero-order chi connectivity index (χ0) is 21.5. The number of nitrogens with zero attached hydrogens (tertiary/aromatic N) is 4. The lowest BCUT2D eigenvalue weighted by molar-refractivity contribution is 0.0376. The smallest absolute Gasteiger partial charge is 0.151 e. The minimum atomic E-state index is -0.628. The minimum Gasteiger partial charge on any atom is -0.395 e. The lowest BCUT2D eigenvalue weighted by Gasteiger charge is -2.30. The van der Waals surface area contributed by atoms with Crippen LogP contribution in [-0.2, 0) is 24.6 Å². The predicted octanol–water partition coefficient (Wildman–Crippen LogP) is 1.70. The summed E-state index contributed by atoms with van der Waals surface area (Å²) >= 11 is 1.55. The van der Waals surface area contributed by atoms with Crippen LogP contribution < -0.4 is 5.73 Å². The second-order valence-corrected chi connectivity index (χ2v) is 8.14.